The van der Waals surface area contributed by atoms with Crippen molar-refractivity contribution in [3.05, 3.63) is 35.5 Å². The van der Waals surface area contributed by atoms with E-state index >= 15 is 0 Å². The van der Waals surface area contributed by atoms with Gasteiger partial charge in [-0.05, 0) is 57.3 Å². The lowest BCUT2D eigenvalue weighted by Gasteiger charge is -2.42. The largest absolute Gasteiger partial charge is 0.404 e. The van der Waals surface area contributed by atoms with Crippen molar-refractivity contribution in [3.8, 4) is 0 Å². The summed E-state index contributed by atoms with van der Waals surface area (Å²) in [7, 11) is 0. The Morgan fingerprint density at radius 1 is 1.38 bits per heavy atom. The molecule has 0 spiro atoms. The number of allylic oxidation sites excluding steroid dienone is 1. The molecule has 3 rings (SSSR count). The first-order valence-electron chi connectivity index (χ1n) is 8.91. The number of nitrogens with zero attached hydrogens (tertiary/aromatic N) is 2. The number of piperidine rings is 1. The van der Waals surface area contributed by atoms with Gasteiger partial charge in [0, 0.05) is 17.8 Å². The minimum Gasteiger partial charge on any atom is -0.404 e. The van der Waals surface area contributed by atoms with Crippen molar-refractivity contribution in [2.45, 2.75) is 39.7 Å². The van der Waals surface area contributed by atoms with E-state index in [1.807, 2.05) is 0 Å². The molecule has 1 aromatic carbocycles. The number of imidazole rings is 1. The number of aromatic nitrogens is 2. The Hall–Kier alpha value is -2.41. The summed E-state index contributed by atoms with van der Waals surface area (Å²) < 4.78 is 13.8. The second-order valence-corrected chi connectivity index (χ2v) is 7.57. The number of rotatable bonds is 4. The minimum atomic E-state index is -0.706. The Bertz CT molecular complexity index is 862. The van der Waals surface area contributed by atoms with Crippen LogP contribution >= 0.6 is 0 Å². The highest BCUT2D eigenvalue weighted by atomic mass is 19.1. The van der Waals surface area contributed by atoms with Gasteiger partial charge < -0.3 is 21.4 Å². The summed E-state index contributed by atoms with van der Waals surface area (Å²) in [6, 6.07) is 2.94. The first-order valence-corrected chi connectivity index (χ1v) is 8.91. The first-order chi connectivity index (χ1) is 12.2. The topological polar surface area (TPSA) is 101 Å². The Morgan fingerprint density at radius 2 is 2.04 bits per heavy atom. The van der Waals surface area contributed by atoms with E-state index in [0.29, 0.717) is 22.9 Å². The van der Waals surface area contributed by atoms with Crippen LogP contribution in [0.3, 0.4) is 0 Å². The highest BCUT2D eigenvalue weighted by Crippen LogP contribution is 2.43. The summed E-state index contributed by atoms with van der Waals surface area (Å²) in [5.74, 6) is -0.672. The molecule has 1 fully saturated rings. The molecule has 5 N–H and O–H groups in total. The molecule has 0 radical (unpaired) electrons. The van der Waals surface area contributed by atoms with Crippen molar-refractivity contribution in [1.29, 1.82) is 0 Å². The maximum absolute atomic E-state index is 13.8. The van der Waals surface area contributed by atoms with E-state index < -0.39 is 11.7 Å². The molecule has 0 saturated carbocycles. The Morgan fingerprint density at radius 3 is 2.58 bits per heavy atom. The summed E-state index contributed by atoms with van der Waals surface area (Å²) in [5.41, 5.74) is 13.0. The number of amides is 1. The molecular weight excluding hydrogens is 333 g/mol. The van der Waals surface area contributed by atoms with Crippen molar-refractivity contribution in [3.63, 3.8) is 0 Å². The van der Waals surface area contributed by atoms with Gasteiger partial charge in [0.25, 0.3) is 5.91 Å². The van der Waals surface area contributed by atoms with Crippen molar-refractivity contribution >= 4 is 22.5 Å². The van der Waals surface area contributed by atoms with Gasteiger partial charge >= 0.3 is 0 Å². The zero-order valence-corrected chi connectivity index (χ0v) is 15.5. The molecule has 1 aromatic heterocycles. The van der Waals surface area contributed by atoms with Crippen molar-refractivity contribution in [2.24, 2.45) is 16.9 Å². The minimum absolute atomic E-state index is 0.0682. The van der Waals surface area contributed by atoms with Gasteiger partial charge in [-0.15, -0.1) is 0 Å². The first kappa shape index (κ1) is 18.4. The van der Waals surface area contributed by atoms with E-state index in [2.05, 4.69) is 35.6 Å². The number of hydrogen-bond donors (Lipinski definition) is 3. The maximum Gasteiger partial charge on any atom is 0.251 e. The molecule has 2 aromatic rings. The number of fused-ring (bicyclic) bond motifs is 1. The van der Waals surface area contributed by atoms with Crippen LogP contribution in [0.2, 0.25) is 0 Å². The average Bonchev–Trinajstić information content (AvgIpc) is 2.97. The van der Waals surface area contributed by atoms with Crippen LogP contribution in [0.5, 0.6) is 0 Å². The zero-order valence-electron chi connectivity index (χ0n) is 15.5. The van der Waals surface area contributed by atoms with Crippen LogP contribution in [0.15, 0.2) is 18.3 Å². The number of benzene rings is 1. The number of nitrogens with two attached hydrogens (primary N) is 2. The lowest BCUT2D eigenvalue weighted by atomic mass is 9.73. The van der Waals surface area contributed by atoms with E-state index in [9.17, 15) is 9.18 Å². The average molecular weight is 359 g/mol. The number of nitrogens with one attached hydrogen (secondary N) is 1. The van der Waals surface area contributed by atoms with Crippen LogP contribution in [0.25, 0.3) is 16.6 Å². The monoisotopic (exact) mass is 359 g/mol. The Labute approximate surface area is 152 Å². The lowest BCUT2D eigenvalue weighted by molar-refractivity contribution is 0.100. The van der Waals surface area contributed by atoms with Gasteiger partial charge in [-0.3, -0.25) is 4.79 Å². The number of H-pyrrole nitrogens is 1. The molecule has 0 unspecified atom stereocenters. The molecule has 1 aliphatic heterocycles. The molecule has 6 nitrogen and oxygen atoms in total. The predicted octanol–water partition coefficient (Wildman–Crippen LogP) is 2.61. The smallest absolute Gasteiger partial charge is 0.251 e. The van der Waals surface area contributed by atoms with Gasteiger partial charge in [0.15, 0.2) is 0 Å². The fraction of sp³-hybridized carbons (Fsp3) is 0.474. The third-order valence-corrected chi connectivity index (χ3v) is 5.52. The highest BCUT2D eigenvalue weighted by molar-refractivity contribution is 6.04. The van der Waals surface area contributed by atoms with E-state index in [0.717, 1.165) is 37.6 Å². The molecule has 2 heterocycles. The third kappa shape index (κ3) is 3.19. The molecule has 1 amide bonds. The summed E-state index contributed by atoms with van der Waals surface area (Å²) in [4.78, 5) is 21.7. The Balaban J connectivity index is 1.99. The number of carbonyl (C=O) groups excluding carboxylic acids is 1. The summed E-state index contributed by atoms with van der Waals surface area (Å²) >= 11 is 0. The van der Waals surface area contributed by atoms with Gasteiger partial charge in [-0.1, -0.05) is 6.92 Å². The molecular formula is C19H26FN5O. The normalized spacial score (nSPS) is 18.6. The molecule has 1 aliphatic rings. The van der Waals surface area contributed by atoms with E-state index in [1.165, 1.54) is 6.07 Å². The summed E-state index contributed by atoms with van der Waals surface area (Å²) in [6.07, 6.45) is 3.47. The van der Waals surface area contributed by atoms with Crippen LogP contribution in [-0.4, -0.2) is 39.9 Å². The van der Waals surface area contributed by atoms with E-state index in [4.69, 9.17) is 11.5 Å². The molecule has 1 saturated heterocycles. The van der Waals surface area contributed by atoms with Crippen LogP contribution in [0, 0.1) is 11.2 Å². The van der Waals surface area contributed by atoms with Crippen LogP contribution in [0.1, 0.15) is 49.8 Å². The second-order valence-electron chi connectivity index (χ2n) is 7.57. The molecule has 0 aliphatic carbocycles. The maximum atomic E-state index is 13.8. The Kier molecular flexibility index (Phi) is 4.75. The van der Waals surface area contributed by atoms with Gasteiger partial charge in [-0.2, -0.15) is 0 Å². The number of aromatic amines is 1. The number of primary amides is 1. The molecule has 0 bridgehead atoms. The zero-order chi connectivity index (χ0) is 19.1. The summed E-state index contributed by atoms with van der Waals surface area (Å²) in [6.45, 7) is 8.52. The van der Waals surface area contributed by atoms with Gasteiger partial charge in [0.05, 0.1) is 11.1 Å². The number of likely N-dealkylation sites (tertiary alicyclic amines) is 1. The predicted molar refractivity (Wildman–Crippen MR) is 101 cm³/mol. The summed E-state index contributed by atoms with van der Waals surface area (Å²) in [5, 5.41) is 0. The SMILES string of the molecule is CC(C)N1CCC(C)(C(=CN)c2nc3c(C(N)=O)cc(F)cc3[nH]2)CC1. The van der Waals surface area contributed by atoms with Gasteiger partial charge in [-0.25, -0.2) is 9.37 Å². The van der Waals surface area contributed by atoms with Crippen molar-refractivity contribution < 1.29 is 9.18 Å². The van der Waals surface area contributed by atoms with Gasteiger partial charge in [0.2, 0.25) is 0 Å². The van der Waals surface area contributed by atoms with Gasteiger partial charge in [0.1, 0.15) is 17.2 Å². The number of halogens is 1. The second kappa shape index (κ2) is 6.72. The number of carbonyl (C=O) groups is 1. The lowest BCUT2D eigenvalue weighted by Crippen LogP contribution is -2.42. The fourth-order valence-corrected chi connectivity index (χ4v) is 3.77. The van der Waals surface area contributed by atoms with Crippen molar-refractivity contribution in [1.82, 2.24) is 14.9 Å². The van der Waals surface area contributed by atoms with E-state index in [-0.39, 0.29) is 11.0 Å². The molecule has 0 atom stereocenters. The van der Waals surface area contributed by atoms with Crippen molar-refractivity contribution in [2.75, 3.05) is 13.1 Å². The molecule has 7 heteroatoms. The quantitative estimate of drug-likeness (QED) is 0.781. The number of hydrogen-bond acceptors (Lipinski definition) is 4. The third-order valence-electron chi connectivity index (χ3n) is 5.52. The fourth-order valence-electron chi connectivity index (χ4n) is 3.77. The highest BCUT2D eigenvalue weighted by Gasteiger charge is 2.36. The van der Waals surface area contributed by atoms with E-state index in [1.54, 1.807) is 6.20 Å². The van der Waals surface area contributed by atoms with Crippen LogP contribution in [-0.2, 0) is 0 Å². The van der Waals surface area contributed by atoms with Crippen LogP contribution < -0.4 is 11.5 Å². The molecule has 26 heavy (non-hydrogen) atoms. The standard InChI is InChI=1S/C19H26FN5O/c1-11(2)25-6-4-19(3,5-7-25)14(10-21)18-23-15-9-12(20)8-13(17(22)26)16(15)24-18/h8-11H,4-7,21H2,1-3H3,(H2,22,26)(H,23,24). The molecule has 140 valence electrons. The van der Waals surface area contributed by atoms with Crippen LogP contribution in [0.4, 0.5) is 4.39 Å².